The van der Waals surface area contributed by atoms with Crippen molar-refractivity contribution < 1.29 is 27.8 Å². The molecular weight excluding hydrogens is 447 g/mol. The van der Waals surface area contributed by atoms with E-state index in [1.165, 1.54) is 13.1 Å². The zero-order valence-electron chi connectivity index (χ0n) is 17.8. The van der Waals surface area contributed by atoms with Gasteiger partial charge >= 0.3 is 0 Å². The number of carbonyl (C=O) groups excluding carboxylic acids is 1. The summed E-state index contributed by atoms with van der Waals surface area (Å²) in [6.07, 6.45) is 1.33. The molecule has 7 nitrogen and oxygen atoms in total. The van der Waals surface area contributed by atoms with Gasteiger partial charge in [0.15, 0.2) is 11.5 Å². The average Bonchev–Trinajstić information content (AvgIpc) is 3.51. The molecule has 3 aromatic rings. The standard InChI is InChI=1S/C24H23FN2O5S/c1-26-33(29,30)18-6-2-15(3-7-18)16-4-8-19(25)20(12-16)27-23(28)24(10-11-24)17-5-9-21-22(13-17)32-14-31-21/h2-9,12-13,26,29-30H,10-11,14H2,1H3,(H,27,28). The molecule has 0 bridgehead atoms. The Kier molecular flexibility index (Phi) is 5.29. The van der Waals surface area contributed by atoms with Crippen LogP contribution in [0.5, 0.6) is 11.5 Å². The van der Waals surface area contributed by atoms with Crippen LogP contribution < -0.4 is 19.5 Å². The van der Waals surface area contributed by atoms with E-state index in [-0.39, 0.29) is 18.4 Å². The highest BCUT2D eigenvalue weighted by molar-refractivity contribution is 8.22. The van der Waals surface area contributed by atoms with Gasteiger partial charge in [-0.3, -0.25) is 13.9 Å². The molecule has 0 radical (unpaired) electrons. The molecule has 3 aromatic carbocycles. The monoisotopic (exact) mass is 470 g/mol. The van der Waals surface area contributed by atoms with Gasteiger partial charge in [0.1, 0.15) is 5.82 Å². The molecule has 9 heteroatoms. The number of amides is 1. The highest BCUT2D eigenvalue weighted by Crippen LogP contribution is 2.51. The van der Waals surface area contributed by atoms with E-state index in [4.69, 9.17) is 9.47 Å². The van der Waals surface area contributed by atoms with E-state index >= 15 is 0 Å². The van der Waals surface area contributed by atoms with Gasteiger partial charge < -0.3 is 14.8 Å². The van der Waals surface area contributed by atoms with Gasteiger partial charge in [-0.2, -0.15) is 0 Å². The second-order valence-electron chi connectivity index (χ2n) is 8.08. The van der Waals surface area contributed by atoms with E-state index in [1.54, 1.807) is 42.5 Å². The van der Waals surface area contributed by atoms with Crippen molar-refractivity contribution in [2.75, 3.05) is 19.2 Å². The molecule has 4 N–H and O–H groups in total. The molecule has 2 aliphatic rings. The molecule has 1 aliphatic carbocycles. The fourth-order valence-electron chi connectivity index (χ4n) is 3.96. The Hall–Kier alpha value is -3.11. The van der Waals surface area contributed by atoms with E-state index in [9.17, 15) is 18.3 Å². The van der Waals surface area contributed by atoms with Crippen LogP contribution in [-0.4, -0.2) is 28.9 Å². The molecule has 1 aliphatic heterocycles. The largest absolute Gasteiger partial charge is 0.454 e. The zero-order chi connectivity index (χ0) is 23.2. The lowest BCUT2D eigenvalue weighted by atomic mass is 9.94. The van der Waals surface area contributed by atoms with Crippen molar-refractivity contribution in [2.45, 2.75) is 23.2 Å². The summed E-state index contributed by atoms with van der Waals surface area (Å²) in [5.41, 5.74) is 1.63. The molecule has 5 rings (SSSR count). The molecular formula is C24H23FN2O5S. The number of nitrogens with one attached hydrogen (secondary N) is 2. The number of rotatable bonds is 6. The maximum atomic E-state index is 14.6. The summed E-state index contributed by atoms with van der Waals surface area (Å²) in [5.74, 6) is 0.457. The van der Waals surface area contributed by atoms with Crippen molar-refractivity contribution >= 4 is 22.4 Å². The molecule has 0 atom stereocenters. The molecule has 0 spiro atoms. The minimum atomic E-state index is -3.05. The summed E-state index contributed by atoms with van der Waals surface area (Å²) in [5, 5.41) is 2.76. The van der Waals surface area contributed by atoms with Crippen molar-refractivity contribution in [2.24, 2.45) is 0 Å². The lowest BCUT2D eigenvalue weighted by molar-refractivity contribution is -0.118. The third-order valence-corrected chi connectivity index (χ3v) is 7.62. The zero-order valence-corrected chi connectivity index (χ0v) is 18.6. The molecule has 172 valence electrons. The van der Waals surface area contributed by atoms with E-state index in [0.717, 1.165) is 11.1 Å². The SMILES string of the molecule is CNS(O)(O)c1ccc(-c2ccc(F)c(NC(=O)C3(c4ccc5c(c4)OCO5)CC3)c2)cc1. The number of anilines is 1. The van der Waals surface area contributed by atoms with Gasteiger partial charge in [-0.25, -0.2) is 9.11 Å². The van der Waals surface area contributed by atoms with Crippen LogP contribution in [0.15, 0.2) is 65.6 Å². The first-order valence-electron chi connectivity index (χ1n) is 10.4. The minimum absolute atomic E-state index is 0.0908. The molecule has 1 saturated carbocycles. The first-order valence-corrected chi connectivity index (χ1v) is 12.0. The Morgan fingerprint density at radius 3 is 2.36 bits per heavy atom. The van der Waals surface area contributed by atoms with Crippen molar-refractivity contribution in [1.29, 1.82) is 0 Å². The van der Waals surface area contributed by atoms with Gasteiger partial charge in [0.25, 0.3) is 0 Å². The Bertz CT molecular complexity index is 1230. The third-order valence-electron chi connectivity index (χ3n) is 6.13. The lowest BCUT2D eigenvalue weighted by Gasteiger charge is -2.31. The number of carbonyl (C=O) groups is 1. The molecule has 1 fully saturated rings. The number of hydrogen-bond acceptors (Lipinski definition) is 6. The summed E-state index contributed by atoms with van der Waals surface area (Å²) < 4.78 is 47.8. The van der Waals surface area contributed by atoms with E-state index < -0.39 is 22.0 Å². The molecule has 0 aromatic heterocycles. The summed E-state index contributed by atoms with van der Waals surface area (Å²) >= 11 is 0. The molecule has 1 heterocycles. The predicted octanol–water partition coefficient (Wildman–Crippen LogP) is 5.14. The van der Waals surface area contributed by atoms with Crippen LogP contribution in [0.4, 0.5) is 10.1 Å². The van der Waals surface area contributed by atoms with E-state index in [2.05, 4.69) is 10.0 Å². The topological polar surface area (TPSA) is 100 Å². The number of benzene rings is 3. The summed E-state index contributed by atoms with van der Waals surface area (Å²) in [7, 11) is -1.58. The number of halogens is 1. The Morgan fingerprint density at radius 1 is 0.970 bits per heavy atom. The number of ether oxygens (including phenoxy) is 2. The van der Waals surface area contributed by atoms with Crippen molar-refractivity contribution in [3.8, 4) is 22.6 Å². The maximum absolute atomic E-state index is 14.6. The Morgan fingerprint density at radius 2 is 1.67 bits per heavy atom. The van der Waals surface area contributed by atoms with Gasteiger partial charge in [-0.1, -0.05) is 24.3 Å². The highest BCUT2D eigenvalue weighted by atomic mass is 32.3. The minimum Gasteiger partial charge on any atom is -0.454 e. The first kappa shape index (κ1) is 21.7. The van der Waals surface area contributed by atoms with Crippen molar-refractivity contribution in [1.82, 2.24) is 4.72 Å². The highest BCUT2D eigenvalue weighted by Gasteiger charge is 2.51. The average molecular weight is 471 g/mol. The summed E-state index contributed by atoms with van der Waals surface area (Å²) in [6.45, 7) is 0.158. The van der Waals surface area contributed by atoms with E-state index in [0.29, 0.717) is 34.8 Å². The van der Waals surface area contributed by atoms with Crippen molar-refractivity contribution in [3.63, 3.8) is 0 Å². The third kappa shape index (κ3) is 3.93. The molecule has 0 saturated heterocycles. The Balaban J connectivity index is 1.38. The van der Waals surface area contributed by atoms with Crippen LogP contribution in [0.1, 0.15) is 18.4 Å². The van der Waals surface area contributed by atoms with Crippen LogP contribution in [0.2, 0.25) is 0 Å². The van der Waals surface area contributed by atoms with Crippen LogP contribution in [0.25, 0.3) is 11.1 Å². The number of fused-ring (bicyclic) bond motifs is 1. The van der Waals surface area contributed by atoms with Gasteiger partial charge in [0.2, 0.25) is 12.7 Å². The predicted molar refractivity (Wildman–Crippen MR) is 124 cm³/mol. The fourth-order valence-corrected chi connectivity index (χ4v) is 4.71. The second kappa shape index (κ2) is 8.03. The molecule has 1 amide bonds. The van der Waals surface area contributed by atoms with Crippen molar-refractivity contribution in [3.05, 3.63) is 72.0 Å². The summed E-state index contributed by atoms with van der Waals surface area (Å²) in [6, 6.07) is 16.6. The first-order chi connectivity index (χ1) is 15.8. The summed E-state index contributed by atoms with van der Waals surface area (Å²) in [4.78, 5) is 13.5. The quantitative estimate of drug-likeness (QED) is 0.398. The fraction of sp³-hybridized carbons (Fsp3) is 0.208. The smallest absolute Gasteiger partial charge is 0.235 e. The molecule has 0 unspecified atom stereocenters. The van der Waals surface area contributed by atoms with Crippen LogP contribution >= 0.6 is 10.8 Å². The van der Waals surface area contributed by atoms with E-state index in [1.807, 2.05) is 12.1 Å². The van der Waals surface area contributed by atoms with Crippen LogP contribution in [0, 0.1) is 5.82 Å². The normalized spacial score (nSPS) is 16.4. The molecule has 33 heavy (non-hydrogen) atoms. The van der Waals surface area contributed by atoms with Gasteiger partial charge in [-0.05, 0) is 65.9 Å². The van der Waals surface area contributed by atoms with Crippen LogP contribution in [0.3, 0.4) is 0 Å². The second-order valence-corrected chi connectivity index (χ2v) is 10.1. The number of hydrogen-bond donors (Lipinski definition) is 4. The Labute approximate surface area is 192 Å². The van der Waals surface area contributed by atoms with Gasteiger partial charge in [0, 0.05) is 7.05 Å². The van der Waals surface area contributed by atoms with Gasteiger partial charge in [-0.15, -0.1) is 10.8 Å². The van der Waals surface area contributed by atoms with Crippen LogP contribution in [-0.2, 0) is 10.2 Å². The van der Waals surface area contributed by atoms with Gasteiger partial charge in [0.05, 0.1) is 16.0 Å². The maximum Gasteiger partial charge on any atom is 0.235 e. The lowest BCUT2D eigenvalue weighted by Crippen LogP contribution is -2.28.